The Bertz CT molecular complexity index is 303. The van der Waals surface area contributed by atoms with Gasteiger partial charge in [-0.05, 0) is 25.7 Å². The number of ketones is 1. The maximum Gasteiger partial charge on any atom is 0.149 e. The number of carbonyl (C=O) groups excluding carboxylic acids is 1. The minimum atomic E-state index is 0.210. The first-order valence-corrected chi connectivity index (χ1v) is 7.76. The molecule has 3 atom stereocenters. The van der Waals surface area contributed by atoms with E-state index in [1.165, 1.54) is 38.5 Å². The molecule has 3 nitrogen and oxygen atoms in total. The molecule has 0 radical (unpaired) electrons. The number of carbonyl (C=O) groups is 1. The van der Waals surface area contributed by atoms with Crippen LogP contribution in [0.15, 0.2) is 0 Å². The van der Waals surface area contributed by atoms with Crippen molar-refractivity contribution in [2.45, 2.75) is 76.0 Å². The van der Waals surface area contributed by atoms with Crippen LogP contribution in [0.3, 0.4) is 0 Å². The number of rotatable bonds is 1. The fraction of sp³-hybridized carbons (Fsp3) is 0.933. The molecule has 0 amide bonds. The smallest absolute Gasteiger partial charge is 0.149 e. The van der Waals surface area contributed by atoms with Crippen molar-refractivity contribution in [1.82, 2.24) is 4.90 Å². The van der Waals surface area contributed by atoms with Gasteiger partial charge in [-0.3, -0.25) is 9.69 Å². The topological polar surface area (TPSA) is 29.5 Å². The molecule has 3 heteroatoms. The van der Waals surface area contributed by atoms with Crippen LogP contribution in [0, 0.1) is 0 Å². The van der Waals surface area contributed by atoms with E-state index in [4.69, 9.17) is 4.74 Å². The van der Waals surface area contributed by atoms with Gasteiger partial charge in [0.05, 0.1) is 18.8 Å². The zero-order valence-corrected chi connectivity index (χ0v) is 11.3. The van der Waals surface area contributed by atoms with Gasteiger partial charge in [0.25, 0.3) is 0 Å². The number of hydrogen-bond acceptors (Lipinski definition) is 3. The summed E-state index contributed by atoms with van der Waals surface area (Å²) in [6, 6.07) is 0.738. The predicted octanol–water partition coefficient (Wildman–Crippen LogP) is 2.53. The lowest BCUT2D eigenvalue weighted by molar-refractivity contribution is -0.136. The molecule has 2 saturated carbocycles. The van der Waals surface area contributed by atoms with Crippen molar-refractivity contribution < 1.29 is 9.53 Å². The first-order chi connectivity index (χ1) is 8.86. The van der Waals surface area contributed by atoms with Crippen LogP contribution in [-0.4, -0.2) is 42.0 Å². The normalized spacial score (nSPS) is 39.1. The minimum Gasteiger partial charge on any atom is -0.375 e. The van der Waals surface area contributed by atoms with Gasteiger partial charge in [-0.25, -0.2) is 0 Å². The summed E-state index contributed by atoms with van der Waals surface area (Å²) in [5.74, 6) is 0.499. The van der Waals surface area contributed by atoms with E-state index in [0.29, 0.717) is 17.9 Å². The first-order valence-electron chi connectivity index (χ1n) is 7.76. The number of ether oxygens (including phenoxy) is 1. The van der Waals surface area contributed by atoms with Gasteiger partial charge in [-0.1, -0.05) is 25.7 Å². The predicted molar refractivity (Wildman–Crippen MR) is 70.6 cm³/mol. The van der Waals surface area contributed by atoms with Gasteiger partial charge in [0.2, 0.25) is 0 Å². The van der Waals surface area contributed by atoms with Crippen molar-refractivity contribution in [1.29, 1.82) is 0 Å². The average molecular weight is 251 g/mol. The molecule has 2 aliphatic carbocycles. The molecular formula is C15H25NO2. The highest BCUT2D eigenvalue weighted by Gasteiger charge is 2.39. The number of hydrogen-bond donors (Lipinski definition) is 0. The van der Waals surface area contributed by atoms with Gasteiger partial charge < -0.3 is 4.74 Å². The van der Waals surface area contributed by atoms with Gasteiger partial charge in [-0.2, -0.15) is 0 Å². The molecule has 0 aromatic rings. The summed E-state index contributed by atoms with van der Waals surface area (Å²) in [6.07, 6.45) is 10.9. The highest BCUT2D eigenvalue weighted by molar-refractivity contribution is 5.84. The third-order valence-corrected chi connectivity index (χ3v) is 4.95. The third-order valence-electron chi connectivity index (χ3n) is 4.95. The second-order valence-corrected chi connectivity index (χ2v) is 6.08. The van der Waals surface area contributed by atoms with E-state index in [1.54, 1.807) is 0 Å². The maximum atomic E-state index is 12.3. The van der Waals surface area contributed by atoms with Gasteiger partial charge in [-0.15, -0.1) is 0 Å². The van der Waals surface area contributed by atoms with Gasteiger partial charge in [0.1, 0.15) is 5.78 Å². The lowest BCUT2D eigenvalue weighted by atomic mass is 9.88. The lowest BCUT2D eigenvalue weighted by Crippen LogP contribution is -2.58. The fourth-order valence-electron chi connectivity index (χ4n) is 4.01. The number of morpholine rings is 1. The third kappa shape index (κ3) is 2.48. The number of nitrogens with zero attached hydrogens (tertiary/aromatic N) is 1. The Hall–Kier alpha value is -0.410. The summed E-state index contributed by atoms with van der Waals surface area (Å²) in [6.45, 7) is 1.79. The SMILES string of the molecule is O=C1CCCCCC1N1CCOC2CCCCC21. The molecule has 0 spiro atoms. The zero-order valence-electron chi connectivity index (χ0n) is 11.3. The Labute approximate surface area is 110 Å². The lowest BCUT2D eigenvalue weighted by Gasteiger charge is -2.46. The molecule has 3 aliphatic rings. The van der Waals surface area contributed by atoms with Crippen LogP contribution in [0.25, 0.3) is 0 Å². The largest absolute Gasteiger partial charge is 0.375 e. The highest BCUT2D eigenvalue weighted by atomic mass is 16.5. The Morgan fingerprint density at radius 1 is 1.00 bits per heavy atom. The van der Waals surface area contributed by atoms with Crippen molar-refractivity contribution in [3.05, 3.63) is 0 Å². The molecular weight excluding hydrogens is 226 g/mol. The van der Waals surface area contributed by atoms with E-state index in [-0.39, 0.29) is 6.04 Å². The standard InChI is InChI=1S/C15H25NO2/c17-14-8-3-1-2-6-12(14)16-10-11-18-15-9-5-4-7-13(15)16/h12-13,15H,1-11H2. The highest BCUT2D eigenvalue weighted by Crippen LogP contribution is 2.32. The Morgan fingerprint density at radius 3 is 2.78 bits per heavy atom. The van der Waals surface area contributed by atoms with E-state index in [1.807, 2.05) is 0 Å². The fourth-order valence-corrected chi connectivity index (χ4v) is 4.01. The van der Waals surface area contributed by atoms with Crippen molar-refractivity contribution in [3.8, 4) is 0 Å². The summed E-state index contributed by atoms with van der Waals surface area (Å²) in [5, 5.41) is 0. The quantitative estimate of drug-likeness (QED) is 0.671. The molecule has 1 aliphatic heterocycles. The summed E-state index contributed by atoms with van der Waals surface area (Å²) in [7, 11) is 0. The van der Waals surface area contributed by atoms with E-state index in [9.17, 15) is 4.79 Å². The Morgan fingerprint density at radius 2 is 1.83 bits per heavy atom. The van der Waals surface area contributed by atoms with Crippen molar-refractivity contribution in [2.75, 3.05) is 13.2 Å². The second kappa shape index (κ2) is 5.70. The molecule has 0 bridgehead atoms. The van der Waals surface area contributed by atoms with E-state index in [0.717, 1.165) is 32.4 Å². The number of fused-ring (bicyclic) bond motifs is 1. The van der Waals surface area contributed by atoms with Gasteiger partial charge in [0.15, 0.2) is 0 Å². The van der Waals surface area contributed by atoms with E-state index < -0.39 is 0 Å². The molecule has 3 fully saturated rings. The molecule has 1 heterocycles. The van der Waals surface area contributed by atoms with Gasteiger partial charge in [0, 0.05) is 19.0 Å². The van der Waals surface area contributed by atoms with Crippen LogP contribution in [-0.2, 0) is 9.53 Å². The van der Waals surface area contributed by atoms with Crippen molar-refractivity contribution >= 4 is 5.78 Å². The molecule has 102 valence electrons. The van der Waals surface area contributed by atoms with Crippen LogP contribution in [0.1, 0.15) is 57.8 Å². The monoisotopic (exact) mass is 251 g/mol. The van der Waals surface area contributed by atoms with E-state index in [2.05, 4.69) is 4.90 Å². The Kier molecular flexibility index (Phi) is 4.00. The molecule has 1 saturated heterocycles. The molecule has 3 unspecified atom stereocenters. The molecule has 3 rings (SSSR count). The van der Waals surface area contributed by atoms with Crippen LogP contribution in [0.2, 0.25) is 0 Å². The summed E-state index contributed by atoms with van der Waals surface area (Å²) >= 11 is 0. The molecule has 0 aromatic heterocycles. The summed E-state index contributed by atoms with van der Waals surface area (Å²) in [4.78, 5) is 14.8. The maximum absolute atomic E-state index is 12.3. The van der Waals surface area contributed by atoms with Crippen LogP contribution >= 0.6 is 0 Å². The summed E-state index contributed by atoms with van der Waals surface area (Å²) in [5.41, 5.74) is 0. The average Bonchev–Trinajstić information content (AvgIpc) is 2.63. The van der Waals surface area contributed by atoms with Crippen molar-refractivity contribution in [3.63, 3.8) is 0 Å². The van der Waals surface area contributed by atoms with Crippen molar-refractivity contribution in [2.24, 2.45) is 0 Å². The Balaban J connectivity index is 1.74. The molecule has 0 aromatic carbocycles. The first kappa shape index (κ1) is 12.6. The second-order valence-electron chi connectivity index (χ2n) is 6.08. The summed E-state index contributed by atoms with van der Waals surface area (Å²) < 4.78 is 5.92. The number of Topliss-reactive ketones (excluding diaryl/α,β-unsaturated/α-hetero) is 1. The van der Waals surface area contributed by atoms with Crippen LogP contribution in [0.4, 0.5) is 0 Å². The van der Waals surface area contributed by atoms with Crippen LogP contribution < -0.4 is 0 Å². The molecule has 0 N–H and O–H groups in total. The van der Waals surface area contributed by atoms with Gasteiger partial charge >= 0.3 is 0 Å². The minimum absolute atomic E-state index is 0.210. The van der Waals surface area contributed by atoms with E-state index >= 15 is 0 Å². The zero-order chi connectivity index (χ0) is 12.4. The molecule has 18 heavy (non-hydrogen) atoms. The van der Waals surface area contributed by atoms with Crippen LogP contribution in [0.5, 0.6) is 0 Å².